The maximum Gasteiger partial charge on any atom is 0.315 e. The Balaban J connectivity index is 1.35. The molecule has 4 saturated carbocycles. The molecule has 1 aliphatic heterocycles. The van der Waals surface area contributed by atoms with Gasteiger partial charge in [-0.05, 0) is 87.0 Å². The molecule has 0 aromatic heterocycles. The molecule has 4 aliphatic carbocycles. The van der Waals surface area contributed by atoms with Crippen LogP contribution < -0.4 is 0 Å². The van der Waals surface area contributed by atoms with Crippen LogP contribution in [-0.2, 0) is 23.8 Å². The van der Waals surface area contributed by atoms with Crippen LogP contribution in [0.25, 0.3) is 10.4 Å². The second-order valence-corrected chi connectivity index (χ2v) is 13.3. The van der Waals surface area contributed by atoms with Crippen molar-refractivity contribution in [2.75, 3.05) is 0 Å². The Morgan fingerprint density at radius 1 is 1.14 bits per heavy atom. The van der Waals surface area contributed by atoms with Gasteiger partial charge in [0, 0.05) is 22.7 Å². The van der Waals surface area contributed by atoms with Crippen LogP contribution in [0.5, 0.6) is 0 Å². The number of ether oxygens (including phenoxy) is 3. The third-order valence-corrected chi connectivity index (χ3v) is 11.1. The number of carbonyl (C=O) groups excluding carboxylic acids is 2. The van der Waals surface area contributed by atoms with Crippen molar-refractivity contribution in [3.63, 3.8) is 0 Å². The van der Waals surface area contributed by atoms with Gasteiger partial charge in [-0.1, -0.05) is 39.2 Å². The van der Waals surface area contributed by atoms with E-state index in [-0.39, 0.29) is 41.0 Å². The molecule has 0 aromatic rings. The first kappa shape index (κ1) is 26.0. The highest BCUT2D eigenvalue weighted by atomic mass is 16.7. The van der Waals surface area contributed by atoms with Crippen LogP contribution in [0.3, 0.4) is 0 Å². The van der Waals surface area contributed by atoms with Gasteiger partial charge in [-0.3, -0.25) is 9.59 Å². The van der Waals surface area contributed by atoms with Gasteiger partial charge in [-0.15, -0.1) is 0 Å². The normalized spacial score (nSPS) is 46.4. The van der Waals surface area contributed by atoms with E-state index in [1.54, 1.807) is 0 Å². The second-order valence-electron chi connectivity index (χ2n) is 13.3. The van der Waals surface area contributed by atoms with E-state index in [1.807, 2.05) is 27.7 Å². The Bertz CT molecular complexity index is 963. The van der Waals surface area contributed by atoms with Gasteiger partial charge in [0.05, 0.1) is 12.2 Å². The highest BCUT2D eigenvalue weighted by molar-refractivity contribution is 5.83. The van der Waals surface area contributed by atoms with Gasteiger partial charge in [0.25, 0.3) is 0 Å². The predicted molar refractivity (Wildman–Crippen MR) is 134 cm³/mol. The lowest BCUT2D eigenvalue weighted by molar-refractivity contribution is -0.174. The lowest BCUT2D eigenvalue weighted by Gasteiger charge is -2.60. The number of esters is 1. The average molecular weight is 502 g/mol. The first-order chi connectivity index (χ1) is 16.9. The van der Waals surface area contributed by atoms with Crippen LogP contribution in [0.15, 0.2) is 5.11 Å². The average Bonchev–Trinajstić information content (AvgIpc) is 3.29. The zero-order valence-corrected chi connectivity index (χ0v) is 22.7. The topological polar surface area (TPSA) is 111 Å². The Kier molecular flexibility index (Phi) is 6.49. The van der Waals surface area contributed by atoms with Crippen LogP contribution in [0.4, 0.5) is 0 Å². The summed E-state index contributed by atoms with van der Waals surface area (Å²) in [6, 6.07) is -0.789. The van der Waals surface area contributed by atoms with Gasteiger partial charge < -0.3 is 14.2 Å². The Morgan fingerprint density at radius 3 is 2.53 bits per heavy atom. The van der Waals surface area contributed by atoms with E-state index in [2.05, 4.69) is 23.9 Å². The fourth-order valence-electron chi connectivity index (χ4n) is 9.06. The van der Waals surface area contributed by atoms with Gasteiger partial charge in [0.1, 0.15) is 17.9 Å². The van der Waals surface area contributed by atoms with E-state index in [4.69, 9.17) is 19.7 Å². The molecule has 1 heterocycles. The smallest absolute Gasteiger partial charge is 0.315 e. The van der Waals surface area contributed by atoms with Crippen molar-refractivity contribution >= 4 is 11.8 Å². The molecule has 0 aromatic carbocycles. The van der Waals surface area contributed by atoms with Crippen molar-refractivity contribution in [2.45, 2.75) is 123 Å². The fourth-order valence-corrected chi connectivity index (χ4v) is 9.06. The quantitative estimate of drug-likeness (QED) is 0.199. The zero-order chi connectivity index (χ0) is 26.0. The lowest BCUT2D eigenvalue weighted by atomic mass is 9.44. The molecule has 0 radical (unpaired) electrons. The van der Waals surface area contributed by atoms with Crippen LogP contribution in [0.1, 0.15) is 92.9 Å². The molecule has 5 fully saturated rings. The maximum absolute atomic E-state index is 13.6. The summed E-state index contributed by atoms with van der Waals surface area (Å²) in [7, 11) is 0. The number of hydrogen-bond donors (Lipinski definition) is 0. The van der Waals surface area contributed by atoms with Crippen LogP contribution in [0.2, 0.25) is 0 Å². The highest BCUT2D eigenvalue weighted by Crippen LogP contribution is 2.66. The molecule has 0 bridgehead atoms. The molecule has 36 heavy (non-hydrogen) atoms. The third-order valence-electron chi connectivity index (χ3n) is 11.1. The molecular formula is C28H43N3O5. The monoisotopic (exact) mass is 501 g/mol. The van der Waals surface area contributed by atoms with Crippen LogP contribution >= 0.6 is 0 Å². The number of hydrogen-bond acceptors (Lipinski definition) is 6. The van der Waals surface area contributed by atoms with Gasteiger partial charge >= 0.3 is 5.97 Å². The minimum atomic E-state index is -0.789. The summed E-state index contributed by atoms with van der Waals surface area (Å²) in [5.41, 5.74) is 8.76. The van der Waals surface area contributed by atoms with Crippen LogP contribution in [0, 0.1) is 40.4 Å². The summed E-state index contributed by atoms with van der Waals surface area (Å²) in [6.07, 6.45) is 6.69. The minimum Gasteiger partial charge on any atom is -0.461 e. The molecule has 5 aliphatic rings. The van der Waals surface area contributed by atoms with Gasteiger partial charge in [0.15, 0.2) is 5.79 Å². The number of carbonyl (C=O) groups is 2. The fraction of sp³-hybridized carbons (Fsp3) is 0.929. The summed E-state index contributed by atoms with van der Waals surface area (Å²) in [5, 5.41) is 3.77. The van der Waals surface area contributed by atoms with E-state index in [0.717, 1.165) is 44.9 Å². The number of Topliss-reactive ketones (excluding diaryl/α,β-unsaturated/α-hetero) is 1. The number of fused-ring (bicyclic) bond motifs is 6. The van der Waals surface area contributed by atoms with Crippen molar-refractivity contribution in [1.29, 1.82) is 0 Å². The summed E-state index contributed by atoms with van der Waals surface area (Å²) < 4.78 is 18.6. The van der Waals surface area contributed by atoms with Crippen molar-refractivity contribution in [2.24, 2.45) is 45.5 Å². The van der Waals surface area contributed by atoms with E-state index >= 15 is 0 Å². The summed E-state index contributed by atoms with van der Waals surface area (Å²) in [5.74, 6) is 0.510. The molecule has 5 rings (SSSR count). The molecule has 0 spiro atoms. The summed E-state index contributed by atoms with van der Waals surface area (Å²) in [6.45, 7) is 12.4. The maximum atomic E-state index is 13.6. The van der Waals surface area contributed by atoms with E-state index in [0.29, 0.717) is 30.0 Å². The summed E-state index contributed by atoms with van der Waals surface area (Å²) in [4.78, 5) is 29.6. The molecule has 200 valence electrons. The molecule has 8 heteroatoms. The number of nitrogens with zero attached hydrogens (tertiary/aromatic N) is 3. The Hall–Kier alpha value is -1.63. The number of azide groups is 1. The first-order valence-corrected chi connectivity index (χ1v) is 14.1. The van der Waals surface area contributed by atoms with Gasteiger partial charge in [-0.2, -0.15) is 0 Å². The molecule has 0 N–H and O–H groups in total. The minimum absolute atomic E-state index is 0.0113. The van der Waals surface area contributed by atoms with Crippen LogP contribution in [-0.4, -0.2) is 41.9 Å². The second kappa shape index (κ2) is 8.99. The SMILES string of the molecule is CC[C@H](C)[C@H](N=[N+]=[N-])C(=O)O[C@H]1CC[C@H]2[C@@H]3CC(=O)[C@H]4C[C@@H]5OC(C)(C)O[C@@H]5C[C@]4(C)[C@H]3CC[C@]12C. The van der Waals surface area contributed by atoms with Crippen molar-refractivity contribution < 1.29 is 23.8 Å². The van der Waals surface area contributed by atoms with E-state index in [1.165, 1.54) is 0 Å². The number of ketones is 1. The largest absolute Gasteiger partial charge is 0.461 e. The van der Waals surface area contributed by atoms with Crippen molar-refractivity contribution in [1.82, 2.24) is 0 Å². The third kappa shape index (κ3) is 3.99. The standard InChI is InChI=1S/C28H43N3O5/c1-7-15(2)24(30-31-29)25(33)34-23-9-8-17-16-12-20(32)19-13-21-22(36-26(3,4)35-21)14-28(19,6)18(16)10-11-27(17,23)5/h15-19,21-24H,7-14H2,1-6H3/t15-,16-,17-,18-,19+,21-,22+,23-,24-,27-,28+/m0/s1. The first-order valence-electron chi connectivity index (χ1n) is 14.1. The zero-order valence-electron chi connectivity index (χ0n) is 22.7. The van der Waals surface area contributed by atoms with Gasteiger partial charge in [0.2, 0.25) is 0 Å². The Morgan fingerprint density at radius 2 is 1.83 bits per heavy atom. The molecule has 0 unspecified atom stereocenters. The summed E-state index contributed by atoms with van der Waals surface area (Å²) >= 11 is 0. The van der Waals surface area contributed by atoms with E-state index < -0.39 is 17.8 Å². The molecular weight excluding hydrogens is 458 g/mol. The van der Waals surface area contributed by atoms with E-state index in [9.17, 15) is 9.59 Å². The molecule has 1 saturated heterocycles. The number of rotatable bonds is 5. The highest BCUT2D eigenvalue weighted by Gasteiger charge is 2.65. The molecule has 8 nitrogen and oxygen atoms in total. The van der Waals surface area contributed by atoms with Crippen molar-refractivity contribution in [3.05, 3.63) is 10.4 Å². The Labute approximate surface area is 214 Å². The molecule has 0 amide bonds. The van der Waals surface area contributed by atoms with Crippen molar-refractivity contribution in [3.8, 4) is 0 Å². The lowest BCUT2D eigenvalue weighted by Crippen LogP contribution is -2.59. The van der Waals surface area contributed by atoms with Gasteiger partial charge in [-0.25, -0.2) is 0 Å². The predicted octanol–water partition coefficient (Wildman–Crippen LogP) is 5.97. The molecule has 11 atom stereocenters.